The molecule has 4 aromatic rings. The number of nitrogens with two attached hydrogens (primary N) is 1. The van der Waals surface area contributed by atoms with Gasteiger partial charge in [0.05, 0.1) is 28.0 Å². The fourth-order valence-corrected chi connectivity index (χ4v) is 4.11. The third-order valence-corrected chi connectivity index (χ3v) is 5.74. The highest BCUT2D eigenvalue weighted by molar-refractivity contribution is 7.99. The molecule has 0 saturated carbocycles. The number of carbonyl (C=O) groups excluding carboxylic acids is 1. The highest BCUT2D eigenvalue weighted by Crippen LogP contribution is 2.37. The monoisotopic (exact) mass is 505 g/mol. The molecule has 0 spiro atoms. The second-order valence-corrected chi connectivity index (χ2v) is 8.28. The largest absolute Gasteiger partial charge is 0.465 e. The van der Waals surface area contributed by atoms with Gasteiger partial charge in [-0.3, -0.25) is 10.2 Å². The lowest BCUT2D eigenvalue weighted by Crippen LogP contribution is -2.32. The number of carbonyl (C=O) groups is 2. The minimum absolute atomic E-state index is 0.0763. The van der Waals surface area contributed by atoms with Gasteiger partial charge in [0.2, 0.25) is 5.95 Å². The molecule has 1 heterocycles. The van der Waals surface area contributed by atoms with Crippen molar-refractivity contribution in [3.63, 3.8) is 0 Å². The molecule has 0 unspecified atom stereocenters. The minimum atomic E-state index is -4.73. The number of aromatic nitrogens is 2. The number of rotatable bonds is 5. The number of amides is 3. The van der Waals surface area contributed by atoms with Crippen LogP contribution in [0.25, 0.3) is 11.0 Å². The molecule has 13 heteroatoms. The summed E-state index contributed by atoms with van der Waals surface area (Å²) >= 11 is 1.32. The fourth-order valence-electron chi connectivity index (χ4n) is 3.26. The lowest BCUT2D eigenvalue weighted by atomic mass is 10.1. The van der Waals surface area contributed by atoms with E-state index in [9.17, 15) is 27.2 Å². The molecule has 0 bridgehead atoms. The van der Waals surface area contributed by atoms with Crippen molar-refractivity contribution < 1.29 is 32.3 Å². The summed E-state index contributed by atoms with van der Waals surface area (Å²) in [5.74, 6) is -0.966. The van der Waals surface area contributed by atoms with Crippen molar-refractivity contribution in [1.29, 1.82) is 0 Å². The molecular formula is C22H15F4N5O3S. The second kappa shape index (κ2) is 9.18. The number of alkyl halides is 3. The number of hydrogen-bond acceptors (Lipinski definition) is 4. The standard InChI is InChI=1S/C22H15F4N5O3S/c23-15-7-1-11(22(24,25)26)9-18(15)31(19(27)32)12-2-4-13(5-3-12)35-14-6-8-16-17(10-14)29-20(28-16)30-21(33)34/h1-10H,(H2,27,32)(H,33,34)(H2,28,29,30). The number of carboxylic acid groups (broad SMARTS) is 1. The Morgan fingerprint density at radius 3 is 2.34 bits per heavy atom. The molecule has 0 aliphatic carbocycles. The number of H-pyrrole nitrogens is 1. The number of benzene rings is 3. The first-order valence-corrected chi connectivity index (χ1v) is 10.6. The molecule has 0 radical (unpaired) electrons. The topological polar surface area (TPSA) is 124 Å². The number of nitrogens with one attached hydrogen (secondary N) is 2. The number of anilines is 3. The predicted octanol–water partition coefficient (Wildman–Crippen LogP) is 6.18. The number of primary amides is 1. The van der Waals surface area contributed by atoms with E-state index in [1.807, 2.05) is 0 Å². The summed E-state index contributed by atoms with van der Waals surface area (Å²) in [6.45, 7) is 0. The zero-order valence-electron chi connectivity index (χ0n) is 17.4. The van der Waals surface area contributed by atoms with Gasteiger partial charge >= 0.3 is 18.3 Å². The average molecular weight is 505 g/mol. The summed E-state index contributed by atoms with van der Waals surface area (Å²) in [5, 5.41) is 10.9. The first-order chi connectivity index (χ1) is 16.5. The van der Waals surface area contributed by atoms with Crippen LogP contribution in [0.1, 0.15) is 5.56 Å². The summed E-state index contributed by atoms with van der Waals surface area (Å²) in [7, 11) is 0. The average Bonchev–Trinajstić information content (AvgIpc) is 3.16. The highest BCUT2D eigenvalue weighted by Gasteiger charge is 2.32. The molecule has 0 atom stereocenters. The van der Waals surface area contributed by atoms with Gasteiger partial charge in [0.1, 0.15) is 5.82 Å². The summed E-state index contributed by atoms with van der Waals surface area (Å²) in [6.07, 6.45) is -5.99. The van der Waals surface area contributed by atoms with Crippen LogP contribution in [0.5, 0.6) is 0 Å². The number of hydrogen-bond donors (Lipinski definition) is 4. The van der Waals surface area contributed by atoms with Crippen molar-refractivity contribution in [3.05, 3.63) is 72.0 Å². The van der Waals surface area contributed by atoms with Gasteiger partial charge in [-0.25, -0.2) is 19.0 Å². The number of urea groups is 1. The van der Waals surface area contributed by atoms with Gasteiger partial charge in [-0.1, -0.05) is 11.8 Å². The Morgan fingerprint density at radius 2 is 1.71 bits per heavy atom. The molecule has 3 aromatic carbocycles. The summed E-state index contributed by atoms with van der Waals surface area (Å²) in [5.41, 5.74) is 4.83. The van der Waals surface area contributed by atoms with E-state index < -0.39 is 35.4 Å². The molecule has 0 aliphatic rings. The molecule has 8 nitrogen and oxygen atoms in total. The molecule has 0 fully saturated rings. The Labute approximate surface area is 198 Å². The van der Waals surface area contributed by atoms with E-state index in [1.165, 1.54) is 23.9 Å². The lowest BCUT2D eigenvalue weighted by molar-refractivity contribution is -0.137. The summed E-state index contributed by atoms with van der Waals surface area (Å²) in [4.78, 5) is 31.9. The van der Waals surface area contributed by atoms with Gasteiger partial charge in [-0.05, 0) is 60.7 Å². The van der Waals surface area contributed by atoms with Crippen LogP contribution in [0.4, 0.5) is 44.5 Å². The Hall–Kier alpha value is -4.26. The molecule has 0 aliphatic heterocycles. The minimum Gasteiger partial charge on any atom is -0.465 e. The van der Waals surface area contributed by atoms with E-state index in [2.05, 4.69) is 15.3 Å². The van der Waals surface area contributed by atoms with E-state index in [4.69, 9.17) is 10.8 Å². The van der Waals surface area contributed by atoms with E-state index in [-0.39, 0.29) is 11.6 Å². The molecule has 1 aromatic heterocycles. The van der Waals surface area contributed by atoms with Crippen LogP contribution in [-0.2, 0) is 6.18 Å². The number of halogens is 4. The van der Waals surface area contributed by atoms with Crippen LogP contribution in [0.3, 0.4) is 0 Å². The molecule has 4 rings (SSSR count). The van der Waals surface area contributed by atoms with Gasteiger partial charge in [-0.2, -0.15) is 13.2 Å². The molecule has 3 amide bonds. The SMILES string of the molecule is NC(=O)N(c1ccc(Sc2ccc3nc(NC(=O)O)[nH]c3c2)cc1)c1cc(C(F)(F)F)ccc1F. The van der Waals surface area contributed by atoms with Crippen molar-refractivity contribution in [2.24, 2.45) is 5.73 Å². The molecular weight excluding hydrogens is 490 g/mol. The third-order valence-electron chi connectivity index (χ3n) is 4.74. The van der Waals surface area contributed by atoms with E-state index >= 15 is 0 Å². The normalized spacial score (nSPS) is 11.4. The van der Waals surface area contributed by atoms with Crippen molar-refractivity contribution in [1.82, 2.24) is 9.97 Å². The zero-order chi connectivity index (χ0) is 25.3. The quantitative estimate of drug-likeness (QED) is 0.241. The lowest BCUT2D eigenvalue weighted by Gasteiger charge is -2.22. The first-order valence-electron chi connectivity index (χ1n) is 9.75. The van der Waals surface area contributed by atoms with Gasteiger partial charge in [-0.15, -0.1) is 0 Å². The van der Waals surface area contributed by atoms with Crippen molar-refractivity contribution >= 4 is 52.2 Å². The van der Waals surface area contributed by atoms with Gasteiger partial charge in [0, 0.05) is 9.79 Å². The van der Waals surface area contributed by atoms with Crippen LogP contribution in [0.15, 0.2) is 70.5 Å². The van der Waals surface area contributed by atoms with Crippen molar-refractivity contribution in [3.8, 4) is 0 Å². The van der Waals surface area contributed by atoms with E-state index in [0.29, 0.717) is 39.0 Å². The molecule has 0 saturated heterocycles. The van der Waals surface area contributed by atoms with Gasteiger partial charge in [0.15, 0.2) is 0 Å². The first kappa shape index (κ1) is 23.9. The van der Waals surface area contributed by atoms with E-state index in [0.717, 1.165) is 4.90 Å². The van der Waals surface area contributed by atoms with Gasteiger partial charge < -0.3 is 15.8 Å². The summed E-state index contributed by atoms with van der Waals surface area (Å²) < 4.78 is 53.6. The second-order valence-electron chi connectivity index (χ2n) is 7.13. The number of fused-ring (bicyclic) bond motifs is 1. The van der Waals surface area contributed by atoms with Crippen LogP contribution in [0.2, 0.25) is 0 Å². The summed E-state index contributed by atoms with van der Waals surface area (Å²) in [6, 6.07) is 11.8. The fraction of sp³-hybridized carbons (Fsp3) is 0.0455. The Morgan fingerprint density at radius 1 is 1.03 bits per heavy atom. The maximum absolute atomic E-state index is 14.4. The number of imidazole rings is 1. The third kappa shape index (κ3) is 5.30. The van der Waals surface area contributed by atoms with E-state index in [1.54, 1.807) is 30.3 Å². The van der Waals surface area contributed by atoms with Crippen LogP contribution < -0.4 is 16.0 Å². The Bertz CT molecular complexity index is 1420. The van der Waals surface area contributed by atoms with Gasteiger partial charge in [0.25, 0.3) is 0 Å². The number of nitrogens with zero attached hydrogens (tertiary/aromatic N) is 2. The van der Waals surface area contributed by atoms with Crippen molar-refractivity contribution in [2.75, 3.05) is 10.2 Å². The van der Waals surface area contributed by atoms with Crippen LogP contribution >= 0.6 is 11.8 Å². The maximum atomic E-state index is 14.4. The van der Waals surface area contributed by atoms with Crippen molar-refractivity contribution in [2.45, 2.75) is 16.0 Å². The Kier molecular flexibility index (Phi) is 6.26. The molecule has 35 heavy (non-hydrogen) atoms. The smallest absolute Gasteiger partial charge is 0.416 e. The number of aromatic amines is 1. The van der Waals surface area contributed by atoms with Crippen LogP contribution in [-0.4, -0.2) is 27.2 Å². The predicted molar refractivity (Wildman–Crippen MR) is 121 cm³/mol. The van der Waals surface area contributed by atoms with Crippen LogP contribution in [0, 0.1) is 5.82 Å². The highest BCUT2D eigenvalue weighted by atomic mass is 32.2. The molecule has 180 valence electrons. The Balaban J connectivity index is 1.59. The zero-order valence-corrected chi connectivity index (χ0v) is 18.2. The molecule has 5 N–H and O–H groups in total. The maximum Gasteiger partial charge on any atom is 0.416 e.